The minimum absolute atomic E-state index is 0.362. The first-order valence-electron chi connectivity index (χ1n) is 7.14. The van der Waals surface area contributed by atoms with Crippen LogP contribution in [0.2, 0.25) is 0 Å². The standard InChI is InChI=1S/C14H22O4/c15-13(9-7-11-3-1-4-11)17-18-14(16)10-8-12-5-2-6-12/h11-12H,1-10H2. The Balaban J connectivity index is 1.47. The highest BCUT2D eigenvalue weighted by Crippen LogP contribution is 2.31. The molecule has 2 saturated carbocycles. The molecule has 0 atom stereocenters. The number of hydrogen-bond acceptors (Lipinski definition) is 4. The molecule has 0 spiro atoms. The Kier molecular flexibility index (Phi) is 5.02. The van der Waals surface area contributed by atoms with E-state index in [0.29, 0.717) is 24.7 Å². The third-order valence-electron chi connectivity index (χ3n) is 4.19. The van der Waals surface area contributed by atoms with E-state index in [0.717, 1.165) is 12.8 Å². The van der Waals surface area contributed by atoms with Crippen molar-refractivity contribution >= 4 is 11.9 Å². The summed E-state index contributed by atoms with van der Waals surface area (Å²) in [6.45, 7) is 0. The van der Waals surface area contributed by atoms with Gasteiger partial charge in [-0.1, -0.05) is 38.5 Å². The van der Waals surface area contributed by atoms with E-state index >= 15 is 0 Å². The molecule has 0 aromatic carbocycles. The summed E-state index contributed by atoms with van der Waals surface area (Å²) in [5, 5.41) is 0. The van der Waals surface area contributed by atoms with Crippen LogP contribution in [0.4, 0.5) is 0 Å². The number of hydrogen-bond donors (Lipinski definition) is 0. The molecular weight excluding hydrogens is 232 g/mol. The molecule has 0 saturated heterocycles. The van der Waals surface area contributed by atoms with Gasteiger partial charge in [0.15, 0.2) is 0 Å². The Morgan fingerprint density at radius 1 is 0.778 bits per heavy atom. The van der Waals surface area contributed by atoms with Gasteiger partial charge in [0, 0.05) is 0 Å². The van der Waals surface area contributed by atoms with Gasteiger partial charge in [-0.05, 0) is 24.7 Å². The van der Waals surface area contributed by atoms with E-state index in [1.807, 2.05) is 0 Å². The normalized spacial score (nSPS) is 19.8. The van der Waals surface area contributed by atoms with Gasteiger partial charge in [-0.25, -0.2) is 19.4 Å². The fourth-order valence-electron chi connectivity index (χ4n) is 2.38. The quantitative estimate of drug-likeness (QED) is 0.539. The molecule has 0 unspecified atom stereocenters. The zero-order valence-electron chi connectivity index (χ0n) is 10.9. The van der Waals surface area contributed by atoms with E-state index < -0.39 is 11.9 Å². The van der Waals surface area contributed by atoms with E-state index in [1.54, 1.807) is 0 Å². The van der Waals surface area contributed by atoms with Crippen LogP contribution < -0.4 is 0 Å². The number of carbonyl (C=O) groups excluding carboxylic acids is 2. The highest BCUT2D eigenvalue weighted by molar-refractivity contribution is 5.72. The van der Waals surface area contributed by atoms with Crippen molar-refractivity contribution in [3.8, 4) is 0 Å². The summed E-state index contributed by atoms with van der Waals surface area (Å²) in [5.41, 5.74) is 0. The van der Waals surface area contributed by atoms with Gasteiger partial charge >= 0.3 is 11.9 Å². The Morgan fingerprint density at radius 2 is 1.17 bits per heavy atom. The number of carbonyl (C=O) groups is 2. The first kappa shape index (κ1) is 13.4. The van der Waals surface area contributed by atoms with Crippen molar-refractivity contribution in [1.29, 1.82) is 0 Å². The molecular formula is C14H22O4. The first-order chi connectivity index (χ1) is 8.74. The molecule has 0 heterocycles. The summed E-state index contributed by atoms with van der Waals surface area (Å²) in [6.07, 6.45) is 9.86. The maximum Gasteiger partial charge on any atom is 0.355 e. The van der Waals surface area contributed by atoms with Crippen LogP contribution in [-0.2, 0) is 19.4 Å². The predicted molar refractivity (Wildman–Crippen MR) is 65.3 cm³/mol. The first-order valence-corrected chi connectivity index (χ1v) is 7.14. The van der Waals surface area contributed by atoms with Crippen molar-refractivity contribution in [2.45, 2.75) is 64.2 Å². The molecule has 4 heteroatoms. The molecule has 18 heavy (non-hydrogen) atoms. The zero-order valence-corrected chi connectivity index (χ0v) is 10.9. The summed E-state index contributed by atoms with van der Waals surface area (Å²) < 4.78 is 0. The lowest BCUT2D eigenvalue weighted by Crippen LogP contribution is -2.17. The van der Waals surface area contributed by atoms with Gasteiger partial charge in [0.1, 0.15) is 0 Å². The highest BCUT2D eigenvalue weighted by atomic mass is 17.2. The second-order valence-electron chi connectivity index (χ2n) is 5.58. The van der Waals surface area contributed by atoms with Gasteiger partial charge in [0.2, 0.25) is 0 Å². The average Bonchev–Trinajstić information content (AvgIpc) is 2.22. The van der Waals surface area contributed by atoms with Gasteiger partial charge in [-0.15, -0.1) is 0 Å². The van der Waals surface area contributed by atoms with E-state index in [9.17, 15) is 9.59 Å². The molecule has 2 aliphatic rings. The lowest BCUT2D eigenvalue weighted by atomic mass is 9.82. The molecule has 0 aromatic rings. The second-order valence-corrected chi connectivity index (χ2v) is 5.58. The average molecular weight is 254 g/mol. The van der Waals surface area contributed by atoms with Crippen LogP contribution in [0.1, 0.15) is 64.2 Å². The SMILES string of the molecule is O=C(CCC1CCC1)OOC(=O)CCC1CCC1. The lowest BCUT2D eigenvalue weighted by Gasteiger charge is -2.24. The molecule has 4 nitrogen and oxygen atoms in total. The monoisotopic (exact) mass is 254 g/mol. The maximum atomic E-state index is 11.3. The fraction of sp³-hybridized carbons (Fsp3) is 0.857. The summed E-state index contributed by atoms with van der Waals surface area (Å²) in [6, 6.07) is 0. The molecule has 2 rings (SSSR count). The van der Waals surface area contributed by atoms with Crippen LogP contribution in [0, 0.1) is 11.8 Å². The molecule has 0 bridgehead atoms. The van der Waals surface area contributed by atoms with E-state index in [4.69, 9.17) is 0 Å². The fourth-order valence-corrected chi connectivity index (χ4v) is 2.38. The van der Waals surface area contributed by atoms with Gasteiger partial charge in [-0.3, -0.25) is 0 Å². The molecule has 0 aliphatic heterocycles. The lowest BCUT2D eigenvalue weighted by molar-refractivity contribution is -0.259. The van der Waals surface area contributed by atoms with Crippen LogP contribution in [0.25, 0.3) is 0 Å². The van der Waals surface area contributed by atoms with Gasteiger partial charge in [0.25, 0.3) is 0 Å². The molecule has 2 aliphatic carbocycles. The summed E-state index contributed by atoms with van der Waals surface area (Å²) in [4.78, 5) is 31.6. The highest BCUT2D eigenvalue weighted by Gasteiger charge is 2.21. The van der Waals surface area contributed by atoms with E-state index in [2.05, 4.69) is 9.78 Å². The third-order valence-corrected chi connectivity index (χ3v) is 4.19. The summed E-state index contributed by atoms with van der Waals surface area (Å²) >= 11 is 0. The Morgan fingerprint density at radius 3 is 1.44 bits per heavy atom. The van der Waals surface area contributed by atoms with E-state index in [1.165, 1.54) is 38.5 Å². The Labute approximate surface area is 108 Å². The van der Waals surface area contributed by atoms with Gasteiger partial charge < -0.3 is 0 Å². The molecule has 2 fully saturated rings. The topological polar surface area (TPSA) is 52.6 Å². The smallest absolute Gasteiger partial charge is 0.247 e. The summed E-state index contributed by atoms with van der Waals surface area (Å²) in [7, 11) is 0. The summed E-state index contributed by atoms with van der Waals surface area (Å²) in [5.74, 6) is 0.511. The predicted octanol–water partition coefficient (Wildman–Crippen LogP) is 3.15. The Bertz CT molecular complexity index is 262. The van der Waals surface area contributed by atoms with Crippen LogP contribution in [-0.4, -0.2) is 11.9 Å². The third kappa shape index (κ3) is 4.31. The molecule has 0 amide bonds. The van der Waals surface area contributed by atoms with Crippen LogP contribution in [0.5, 0.6) is 0 Å². The second kappa shape index (κ2) is 6.76. The van der Waals surface area contributed by atoms with Crippen LogP contribution in [0.3, 0.4) is 0 Å². The zero-order chi connectivity index (χ0) is 12.8. The van der Waals surface area contributed by atoms with Crippen molar-refractivity contribution in [1.82, 2.24) is 0 Å². The van der Waals surface area contributed by atoms with Crippen molar-refractivity contribution < 1.29 is 19.4 Å². The van der Waals surface area contributed by atoms with Gasteiger partial charge in [0.05, 0.1) is 12.8 Å². The molecule has 102 valence electrons. The van der Waals surface area contributed by atoms with Crippen molar-refractivity contribution in [3.05, 3.63) is 0 Å². The van der Waals surface area contributed by atoms with Crippen molar-refractivity contribution in [2.75, 3.05) is 0 Å². The van der Waals surface area contributed by atoms with Crippen molar-refractivity contribution in [2.24, 2.45) is 11.8 Å². The van der Waals surface area contributed by atoms with E-state index in [-0.39, 0.29) is 0 Å². The van der Waals surface area contributed by atoms with Crippen molar-refractivity contribution in [3.63, 3.8) is 0 Å². The van der Waals surface area contributed by atoms with Crippen LogP contribution in [0.15, 0.2) is 0 Å². The minimum Gasteiger partial charge on any atom is -0.247 e. The molecule has 0 N–H and O–H groups in total. The van der Waals surface area contributed by atoms with Crippen LogP contribution >= 0.6 is 0 Å². The largest absolute Gasteiger partial charge is 0.355 e. The molecule has 0 radical (unpaired) electrons. The Hall–Kier alpha value is -1.06. The molecule has 0 aromatic heterocycles. The van der Waals surface area contributed by atoms with Gasteiger partial charge in [-0.2, -0.15) is 0 Å². The minimum atomic E-state index is -0.418. The maximum absolute atomic E-state index is 11.3. The number of rotatable bonds is 6.